The van der Waals surface area contributed by atoms with E-state index in [0.717, 1.165) is 12.8 Å². The number of esters is 1. The maximum atomic E-state index is 12.0. The molecule has 2 aliphatic rings. The number of hydrogen-bond donors (Lipinski definition) is 1. The standard InChI is InChI=1S/C16H21NO2/c1-17-14(16(8-9-16)15(18)19-2)13-7-6-11-4-3-5-12(11)10-13/h6-7,10,14,17H,3-5,8-9H2,1-2H3. The Hall–Kier alpha value is -1.35. The van der Waals surface area contributed by atoms with Gasteiger partial charge in [0, 0.05) is 6.04 Å². The molecule has 102 valence electrons. The molecule has 3 rings (SSSR count). The molecular formula is C16H21NO2. The fourth-order valence-electron chi connectivity index (χ4n) is 3.48. The van der Waals surface area contributed by atoms with Crippen LogP contribution in [0.2, 0.25) is 0 Å². The van der Waals surface area contributed by atoms with Crippen LogP contribution in [0.4, 0.5) is 0 Å². The molecule has 0 bridgehead atoms. The fraction of sp³-hybridized carbons (Fsp3) is 0.562. The maximum absolute atomic E-state index is 12.0. The minimum Gasteiger partial charge on any atom is -0.469 e. The van der Waals surface area contributed by atoms with E-state index in [2.05, 4.69) is 23.5 Å². The predicted octanol–water partition coefficient (Wildman–Crippen LogP) is 2.39. The van der Waals surface area contributed by atoms with Gasteiger partial charge in [-0.15, -0.1) is 0 Å². The number of methoxy groups -OCH3 is 1. The van der Waals surface area contributed by atoms with Crippen LogP contribution < -0.4 is 5.32 Å². The Morgan fingerprint density at radius 1 is 1.32 bits per heavy atom. The first-order chi connectivity index (χ1) is 9.21. The quantitative estimate of drug-likeness (QED) is 0.844. The van der Waals surface area contributed by atoms with E-state index in [9.17, 15) is 4.79 Å². The van der Waals surface area contributed by atoms with Crippen molar-refractivity contribution in [2.45, 2.75) is 38.1 Å². The van der Waals surface area contributed by atoms with Gasteiger partial charge in [-0.1, -0.05) is 18.2 Å². The number of ether oxygens (including phenoxy) is 1. The van der Waals surface area contributed by atoms with Gasteiger partial charge in [-0.2, -0.15) is 0 Å². The normalized spacial score (nSPS) is 20.7. The monoisotopic (exact) mass is 259 g/mol. The van der Waals surface area contributed by atoms with E-state index in [1.165, 1.54) is 43.1 Å². The number of rotatable bonds is 4. The van der Waals surface area contributed by atoms with Gasteiger partial charge in [-0.3, -0.25) is 4.79 Å². The minimum absolute atomic E-state index is 0.0749. The summed E-state index contributed by atoms with van der Waals surface area (Å²) in [5, 5.41) is 3.33. The Balaban J connectivity index is 1.93. The van der Waals surface area contributed by atoms with E-state index in [1.54, 1.807) is 0 Å². The van der Waals surface area contributed by atoms with Crippen LogP contribution >= 0.6 is 0 Å². The molecule has 0 saturated heterocycles. The van der Waals surface area contributed by atoms with Crippen LogP contribution in [0.5, 0.6) is 0 Å². The highest BCUT2D eigenvalue weighted by molar-refractivity contribution is 5.81. The summed E-state index contributed by atoms with van der Waals surface area (Å²) in [7, 11) is 3.42. The highest BCUT2D eigenvalue weighted by Crippen LogP contribution is 2.55. The van der Waals surface area contributed by atoms with Crippen molar-refractivity contribution in [3.8, 4) is 0 Å². The number of nitrogens with one attached hydrogen (secondary N) is 1. The summed E-state index contributed by atoms with van der Waals surface area (Å²) in [6, 6.07) is 6.77. The number of carbonyl (C=O) groups is 1. The summed E-state index contributed by atoms with van der Waals surface area (Å²) in [6.07, 6.45) is 5.46. The second-order valence-corrected chi connectivity index (χ2v) is 5.75. The van der Waals surface area contributed by atoms with Gasteiger partial charge >= 0.3 is 5.97 Å². The van der Waals surface area contributed by atoms with E-state index in [1.807, 2.05) is 7.05 Å². The highest BCUT2D eigenvalue weighted by Gasteiger charge is 2.56. The zero-order valence-electron chi connectivity index (χ0n) is 11.7. The van der Waals surface area contributed by atoms with Crippen molar-refractivity contribution in [1.82, 2.24) is 5.32 Å². The largest absolute Gasteiger partial charge is 0.469 e. The third kappa shape index (κ3) is 1.96. The minimum atomic E-state index is -0.337. The SMILES string of the molecule is CNC(c1ccc2c(c1)CCC2)C1(C(=O)OC)CC1. The van der Waals surface area contributed by atoms with Crippen molar-refractivity contribution in [3.63, 3.8) is 0 Å². The average Bonchev–Trinajstić information content (AvgIpc) is 3.09. The number of fused-ring (bicyclic) bond motifs is 1. The molecule has 0 heterocycles. The molecule has 2 aliphatic carbocycles. The fourth-order valence-corrected chi connectivity index (χ4v) is 3.48. The summed E-state index contributed by atoms with van der Waals surface area (Å²) in [4.78, 5) is 12.0. The molecule has 1 aromatic carbocycles. The van der Waals surface area contributed by atoms with E-state index in [4.69, 9.17) is 4.74 Å². The van der Waals surface area contributed by atoms with Crippen molar-refractivity contribution in [2.24, 2.45) is 5.41 Å². The van der Waals surface area contributed by atoms with Gasteiger partial charge in [0.25, 0.3) is 0 Å². The van der Waals surface area contributed by atoms with Gasteiger partial charge < -0.3 is 10.1 Å². The molecule has 19 heavy (non-hydrogen) atoms. The van der Waals surface area contributed by atoms with Crippen LogP contribution in [0.15, 0.2) is 18.2 Å². The Kier molecular flexibility index (Phi) is 3.09. The third-order valence-corrected chi connectivity index (χ3v) is 4.68. The van der Waals surface area contributed by atoms with E-state index in [0.29, 0.717) is 0 Å². The molecule has 0 aromatic heterocycles. The number of benzene rings is 1. The van der Waals surface area contributed by atoms with E-state index in [-0.39, 0.29) is 17.4 Å². The van der Waals surface area contributed by atoms with Gasteiger partial charge in [0.15, 0.2) is 0 Å². The number of aryl methyl sites for hydroxylation is 2. The second kappa shape index (κ2) is 4.64. The highest BCUT2D eigenvalue weighted by atomic mass is 16.5. The zero-order chi connectivity index (χ0) is 13.5. The molecule has 0 spiro atoms. The molecule has 1 N–H and O–H groups in total. The Morgan fingerprint density at radius 3 is 2.68 bits per heavy atom. The van der Waals surface area contributed by atoms with Gasteiger partial charge in [-0.25, -0.2) is 0 Å². The van der Waals surface area contributed by atoms with Gasteiger partial charge in [0.1, 0.15) is 0 Å². The summed E-state index contributed by atoms with van der Waals surface area (Å²) < 4.78 is 5.00. The zero-order valence-corrected chi connectivity index (χ0v) is 11.7. The van der Waals surface area contributed by atoms with Crippen molar-refractivity contribution in [1.29, 1.82) is 0 Å². The van der Waals surface area contributed by atoms with E-state index >= 15 is 0 Å². The molecule has 0 amide bonds. The van der Waals surface area contributed by atoms with Crippen LogP contribution in [0.25, 0.3) is 0 Å². The van der Waals surface area contributed by atoms with Crippen LogP contribution in [0.3, 0.4) is 0 Å². The van der Waals surface area contributed by atoms with Crippen molar-refractivity contribution < 1.29 is 9.53 Å². The van der Waals surface area contributed by atoms with Crippen molar-refractivity contribution >= 4 is 5.97 Å². The Morgan fingerprint density at radius 2 is 2.05 bits per heavy atom. The van der Waals surface area contributed by atoms with Crippen LogP contribution in [0.1, 0.15) is 42.0 Å². The van der Waals surface area contributed by atoms with Gasteiger partial charge in [-0.05, 0) is 55.8 Å². The molecule has 1 atom stereocenters. The average molecular weight is 259 g/mol. The third-order valence-electron chi connectivity index (χ3n) is 4.68. The summed E-state index contributed by atoms with van der Waals surface area (Å²) in [6.45, 7) is 0. The van der Waals surface area contributed by atoms with Gasteiger partial charge in [0.05, 0.1) is 12.5 Å². The summed E-state index contributed by atoms with van der Waals surface area (Å²) in [5.74, 6) is -0.0765. The first-order valence-corrected chi connectivity index (χ1v) is 7.08. The molecular weight excluding hydrogens is 238 g/mol. The maximum Gasteiger partial charge on any atom is 0.313 e. The number of hydrogen-bond acceptors (Lipinski definition) is 3. The lowest BCUT2D eigenvalue weighted by Crippen LogP contribution is -2.33. The van der Waals surface area contributed by atoms with Gasteiger partial charge in [0.2, 0.25) is 0 Å². The topological polar surface area (TPSA) is 38.3 Å². The van der Waals surface area contributed by atoms with Crippen molar-refractivity contribution in [2.75, 3.05) is 14.2 Å². The molecule has 1 unspecified atom stereocenters. The smallest absolute Gasteiger partial charge is 0.313 e. The molecule has 1 saturated carbocycles. The van der Waals surface area contributed by atoms with Crippen LogP contribution in [-0.2, 0) is 22.4 Å². The lowest BCUT2D eigenvalue weighted by atomic mass is 9.88. The van der Waals surface area contributed by atoms with E-state index < -0.39 is 0 Å². The molecule has 1 aromatic rings. The van der Waals surface area contributed by atoms with Crippen molar-refractivity contribution in [3.05, 3.63) is 34.9 Å². The summed E-state index contributed by atoms with van der Waals surface area (Å²) >= 11 is 0. The second-order valence-electron chi connectivity index (χ2n) is 5.75. The predicted molar refractivity (Wildman–Crippen MR) is 74.0 cm³/mol. The molecule has 3 nitrogen and oxygen atoms in total. The summed E-state index contributed by atoms with van der Waals surface area (Å²) in [5.41, 5.74) is 3.82. The molecule has 0 aliphatic heterocycles. The number of carbonyl (C=O) groups excluding carboxylic acids is 1. The molecule has 0 radical (unpaired) electrons. The first kappa shape index (κ1) is 12.7. The van der Waals surface area contributed by atoms with Crippen LogP contribution in [0, 0.1) is 5.41 Å². The molecule has 3 heteroatoms. The Labute approximate surface area is 114 Å². The first-order valence-electron chi connectivity index (χ1n) is 7.08. The Bertz CT molecular complexity index is 505. The lowest BCUT2D eigenvalue weighted by molar-refractivity contribution is -0.148. The lowest BCUT2D eigenvalue weighted by Gasteiger charge is -2.25. The molecule has 1 fully saturated rings. The van der Waals surface area contributed by atoms with Crippen LogP contribution in [-0.4, -0.2) is 20.1 Å².